The molecule has 0 spiro atoms. The smallest absolute Gasteiger partial charge is 0.120 e. The number of halogens is 1. The maximum Gasteiger partial charge on any atom is 0.120 e. The number of fused-ring (bicyclic) bond motifs is 1. The summed E-state index contributed by atoms with van der Waals surface area (Å²) in [4.78, 5) is 0. The molecule has 0 radical (unpaired) electrons. The van der Waals surface area contributed by atoms with Crippen molar-refractivity contribution in [2.75, 3.05) is 11.9 Å². The quantitative estimate of drug-likeness (QED) is 0.869. The Bertz CT molecular complexity index is 692. The second-order valence-electron chi connectivity index (χ2n) is 5.77. The van der Waals surface area contributed by atoms with Crippen LogP contribution in [0.3, 0.4) is 0 Å². The van der Waals surface area contributed by atoms with E-state index in [1.54, 1.807) is 0 Å². The Hall–Kier alpha value is -1.92. The van der Waals surface area contributed by atoms with Gasteiger partial charge in [-0.2, -0.15) is 5.26 Å². The van der Waals surface area contributed by atoms with Crippen LogP contribution in [0.1, 0.15) is 25.1 Å². The van der Waals surface area contributed by atoms with Crippen molar-refractivity contribution < 1.29 is 0 Å². The minimum atomic E-state index is 0. The third-order valence-electron chi connectivity index (χ3n) is 4.00. The van der Waals surface area contributed by atoms with E-state index < -0.39 is 0 Å². The van der Waals surface area contributed by atoms with Crippen LogP contribution < -0.4 is 5.32 Å². The molecule has 1 aliphatic heterocycles. The van der Waals surface area contributed by atoms with Gasteiger partial charge in [-0.25, -0.2) is 0 Å². The molecule has 0 fully saturated rings. The van der Waals surface area contributed by atoms with Crippen molar-refractivity contribution >= 4 is 18.1 Å². The molecule has 2 heterocycles. The number of nitrogens with zero attached hydrogens (tertiary/aromatic N) is 2. The van der Waals surface area contributed by atoms with E-state index in [1.807, 2.05) is 23.7 Å². The van der Waals surface area contributed by atoms with E-state index >= 15 is 0 Å². The normalized spacial score (nSPS) is 14.9. The summed E-state index contributed by atoms with van der Waals surface area (Å²) in [5.74, 6) is 0. The van der Waals surface area contributed by atoms with Gasteiger partial charge in [-0.05, 0) is 35.4 Å². The van der Waals surface area contributed by atoms with Crippen LogP contribution in [0.2, 0.25) is 0 Å². The van der Waals surface area contributed by atoms with Crippen LogP contribution in [0.5, 0.6) is 0 Å². The number of nitrogens with one attached hydrogen (secondary N) is 1. The van der Waals surface area contributed by atoms with Gasteiger partial charge < -0.3 is 9.88 Å². The Balaban J connectivity index is 0.00000147. The van der Waals surface area contributed by atoms with Crippen LogP contribution in [0.15, 0.2) is 30.3 Å². The number of anilines is 1. The summed E-state index contributed by atoms with van der Waals surface area (Å²) in [5, 5.41) is 12.5. The average molecular weight is 288 g/mol. The highest BCUT2D eigenvalue weighted by Crippen LogP contribution is 2.38. The van der Waals surface area contributed by atoms with E-state index in [-0.39, 0.29) is 17.8 Å². The van der Waals surface area contributed by atoms with Crippen LogP contribution in [-0.4, -0.2) is 11.1 Å². The van der Waals surface area contributed by atoms with Gasteiger partial charge in [0.15, 0.2) is 0 Å². The molecule has 4 heteroatoms. The number of hydrogen-bond donors (Lipinski definition) is 1. The van der Waals surface area contributed by atoms with Gasteiger partial charge in [0.25, 0.3) is 0 Å². The van der Waals surface area contributed by atoms with Crippen molar-refractivity contribution in [3.8, 4) is 17.3 Å². The predicted molar refractivity (Wildman–Crippen MR) is 84.3 cm³/mol. The van der Waals surface area contributed by atoms with Gasteiger partial charge in [-0.3, -0.25) is 0 Å². The van der Waals surface area contributed by atoms with Crippen molar-refractivity contribution in [3.05, 3.63) is 41.6 Å². The van der Waals surface area contributed by atoms with Gasteiger partial charge >= 0.3 is 0 Å². The molecule has 0 aliphatic carbocycles. The lowest BCUT2D eigenvalue weighted by molar-refractivity contribution is 0.586. The molecule has 0 amide bonds. The molecule has 0 unspecified atom stereocenters. The standard InChI is InChI=1S/C16H17N3.ClH/c1-16(2)10-18-14-6-4-11(8-13(14)16)15-7-5-12(9-17)19(15)3;/h4-8,18H,10H2,1-3H3;1H. The Morgan fingerprint density at radius 2 is 2.00 bits per heavy atom. The molecule has 0 saturated heterocycles. The molecule has 1 aliphatic rings. The third-order valence-corrected chi connectivity index (χ3v) is 4.00. The number of rotatable bonds is 1. The minimum Gasteiger partial charge on any atom is -0.384 e. The second kappa shape index (κ2) is 4.88. The first-order valence-corrected chi connectivity index (χ1v) is 6.47. The Kier molecular flexibility index (Phi) is 3.54. The fourth-order valence-corrected chi connectivity index (χ4v) is 2.74. The van der Waals surface area contributed by atoms with Crippen molar-refractivity contribution in [1.29, 1.82) is 5.26 Å². The number of hydrogen-bond acceptors (Lipinski definition) is 2. The van der Waals surface area contributed by atoms with Crippen molar-refractivity contribution in [3.63, 3.8) is 0 Å². The molecule has 3 rings (SSSR count). The molecule has 1 aromatic carbocycles. The van der Waals surface area contributed by atoms with Crippen molar-refractivity contribution in [1.82, 2.24) is 4.57 Å². The largest absolute Gasteiger partial charge is 0.384 e. The summed E-state index contributed by atoms with van der Waals surface area (Å²) in [5.41, 5.74) is 5.68. The summed E-state index contributed by atoms with van der Waals surface area (Å²) in [6.45, 7) is 5.48. The molecule has 1 aromatic heterocycles. The first-order valence-electron chi connectivity index (χ1n) is 6.47. The lowest BCUT2D eigenvalue weighted by atomic mass is 9.86. The topological polar surface area (TPSA) is 40.8 Å². The van der Waals surface area contributed by atoms with E-state index in [4.69, 9.17) is 5.26 Å². The zero-order chi connectivity index (χ0) is 13.6. The number of benzene rings is 1. The van der Waals surface area contributed by atoms with Gasteiger partial charge in [0.1, 0.15) is 11.8 Å². The summed E-state index contributed by atoms with van der Waals surface area (Å²) < 4.78 is 1.94. The number of aromatic nitrogens is 1. The van der Waals surface area contributed by atoms with Crippen LogP contribution in [0, 0.1) is 11.3 Å². The first kappa shape index (κ1) is 14.5. The van der Waals surface area contributed by atoms with Gasteiger partial charge in [-0.15, -0.1) is 12.4 Å². The lowest BCUT2D eigenvalue weighted by Crippen LogP contribution is -2.18. The minimum absolute atomic E-state index is 0. The average Bonchev–Trinajstić information content (AvgIpc) is 2.90. The zero-order valence-corrected chi connectivity index (χ0v) is 12.7. The van der Waals surface area contributed by atoms with Gasteiger partial charge in [0.2, 0.25) is 0 Å². The summed E-state index contributed by atoms with van der Waals surface area (Å²) in [7, 11) is 1.94. The zero-order valence-electron chi connectivity index (χ0n) is 11.9. The maximum absolute atomic E-state index is 9.04. The first-order chi connectivity index (χ1) is 9.03. The van der Waals surface area contributed by atoms with Crippen LogP contribution in [0.4, 0.5) is 5.69 Å². The highest BCUT2D eigenvalue weighted by molar-refractivity contribution is 5.85. The highest BCUT2D eigenvalue weighted by Gasteiger charge is 2.29. The van der Waals surface area contributed by atoms with E-state index in [1.165, 1.54) is 16.8 Å². The Labute approximate surface area is 125 Å². The fourth-order valence-electron chi connectivity index (χ4n) is 2.74. The molecule has 2 aromatic rings. The van der Waals surface area contributed by atoms with Crippen molar-refractivity contribution in [2.24, 2.45) is 7.05 Å². The third kappa shape index (κ3) is 2.07. The second-order valence-corrected chi connectivity index (χ2v) is 5.77. The summed E-state index contributed by atoms with van der Waals surface area (Å²) >= 11 is 0. The summed E-state index contributed by atoms with van der Waals surface area (Å²) in [6.07, 6.45) is 0. The lowest BCUT2D eigenvalue weighted by Gasteiger charge is -2.18. The van der Waals surface area contributed by atoms with Crippen LogP contribution in [0.25, 0.3) is 11.3 Å². The number of nitriles is 1. The molecule has 3 nitrogen and oxygen atoms in total. The maximum atomic E-state index is 9.04. The van der Waals surface area contributed by atoms with Gasteiger partial charge in [-0.1, -0.05) is 19.9 Å². The van der Waals surface area contributed by atoms with E-state index in [9.17, 15) is 0 Å². The molecule has 0 atom stereocenters. The molecule has 1 N–H and O–H groups in total. The summed E-state index contributed by atoms with van der Waals surface area (Å²) in [6, 6.07) is 12.6. The van der Waals surface area contributed by atoms with E-state index in [0.717, 1.165) is 12.2 Å². The van der Waals surface area contributed by atoms with E-state index in [0.29, 0.717) is 5.69 Å². The van der Waals surface area contributed by atoms with Crippen molar-refractivity contribution in [2.45, 2.75) is 19.3 Å². The molecule has 0 saturated carbocycles. The Morgan fingerprint density at radius 3 is 2.65 bits per heavy atom. The van der Waals surface area contributed by atoms with E-state index in [2.05, 4.69) is 43.4 Å². The SMILES string of the molecule is Cl.Cn1c(C#N)ccc1-c1ccc2c(c1)C(C)(C)CN2. The highest BCUT2D eigenvalue weighted by atomic mass is 35.5. The van der Waals surface area contributed by atoms with Gasteiger partial charge in [0, 0.05) is 30.4 Å². The fraction of sp³-hybridized carbons (Fsp3) is 0.312. The molecule has 0 bridgehead atoms. The van der Waals surface area contributed by atoms with Crippen LogP contribution in [-0.2, 0) is 12.5 Å². The van der Waals surface area contributed by atoms with Gasteiger partial charge in [0.05, 0.1) is 0 Å². The molecule has 104 valence electrons. The monoisotopic (exact) mass is 287 g/mol. The van der Waals surface area contributed by atoms with Crippen LogP contribution >= 0.6 is 12.4 Å². The molecular formula is C16H18ClN3. The molecule has 20 heavy (non-hydrogen) atoms. The molecular weight excluding hydrogens is 270 g/mol. The predicted octanol–water partition coefficient (Wildman–Crippen LogP) is 3.69. The Morgan fingerprint density at radius 1 is 1.25 bits per heavy atom.